The summed E-state index contributed by atoms with van der Waals surface area (Å²) in [6.45, 7) is 0. The minimum Gasteiger partial charge on any atom is -0.240 e. The number of nitrogens with zero attached hydrogens (tertiary/aromatic N) is 3. The molecule has 0 amide bonds. The topological polar surface area (TPSA) is 75.8 Å². The molecule has 1 heterocycles. The molecule has 114 valence electrons. The molecule has 0 atom stereocenters. The predicted molar refractivity (Wildman–Crippen MR) is 86.8 cm³/mol. The van der Waals surface area contributed by atoms with Gasteiger partial charge in [0.15, 0.2) is 9.84 Å². The number of sulfone groups is 1. The Bertz CT molecular complexity index is 980. The fourth-order valence-electron chi connectivity index (χ4n) is 2.18. The normalized spacial score (nSPS) is 11.1. The molecule has 0 bridgehead atoms. The van der Waals surface area contributed by atoms with Gasteiger partial charge in [0.05, 0.1) is 27.9 Å². The third kappa shape index (κ3) is 3.15. The summed E-state index contributed by atoms with van der Waals surface area (Å²) in [5.74, 6) is 0. The Morgan fingerprint density at radius 2 is 1.65 bits per heavy atom. The highest BCUT2D eigenvalue weighted by Gasteiger charge is 2.08. The molecule has 0 fully saturated rings. The molecule has 0 radical (unpaired) electrons. The first kappa shape index (κ1) is 15.0. The molecule has 1 aromatic heterocycles. The average molecular weight is 323 g/mol. The van der Waals surface area contributed by atoms with Crippen LogP contribution < -0.4 is 0 Å². The fourth-order valence-corrected chi connectivity index (χ4v) is 2.81. The molecule has 0 unspecified atom stereocenters. The summed E-state index contributed by atoms with van der Waals surface area (Å²) < 4.78 is 24.6. The molecular weight excluding hydrogens is 310 g/mol. The highest BCUT2D eigenvalue weighted by Crippen LogP contribution is 2.20. The Hall–Kier alpha value is -2.91. The standard InChI is InChI=1S/C17H13N3O2S/c1-23(21,22)16-8-6-15(7-9-16)20-11-10-17(19-20)14-4-2-13(12-18)3-5-14/h2-11H,1H3. The Labute approximate surface area is 134 Å². The maximum Gasteiger partial charge on any atom is 0.175 e. The maximum atomic E-state index is 11.5. The lowest BCUT2D eigenvalue weighted by Gasteiger charge is -2.03. The number of hydrogen-bond acceptors (Lipinski definition) is 4. The zero-order chi connectivity index (χ0) is 16.4. The summed E-state index contributed by atoms with van der Waals surface area (Å²) in [6, 6.07) is 17.7. The minimum atomic E-state index is -3.20. The Kier molecular flexibility index (Phi) is 3.72. The molecule has 0 aliphatic heterocycles. The summed E-state index contributed by atoms with van der Waals surface area (Å²) >= 11 is 0. The number of hydrogen-bond donors (Lipinski definition) is 0. The Morgan fingerprint density at radius 1 is 1.00 bits per heavy atom. The van der Waals surface area contributed by atoms with E-state index < -0.39 is 9.84 Å². The van der Waals surface area contributed by atoms with Gasteiger partial charge >= 0.3 is 0 Å². The van der Waals surface area contributed by atoms with E-state index in [2.05, 4.69) is 11.2 Å². The van der Waals surface area contributed by atoms with E-state index in [4.69, 9.17) is 5.26 Å². The second-order valence-electron chi connectivity index (χ2n) is 5.10. The zero-order valence-corrected chi connectivity index (χ0v) is 13.2. The molecule has 0 aliphatic rings. The van der Waals surface area contributed by atoms with Gasteiger partial charge in [-0.3, -0.25) is 0 Å². The van der Waals surface area contributed by atoms with E-state index in [9.17, 15) is 8.42 Å². The second-order valence-corrected chi connectivity index (χ2v) is 7.12. The van der Waals surface area contributed by atoms with Crippen LogP contribution in [-0.4, -0.2) is 24.5 Å². The molecule has 0 saturated carbocycles. The van der Waals surface area contributed by atoms with Gasteiger partial charge in [0.25, 0.3) is 0 Å². The smallest absolute Gasteiger partial charge is 0.175 e. The number of nitriles is 1. The third-order valence-electron chi connectivity index (χ3n) is 3.43. The van der Waals surface area contributed by atoms with Crippen molar-refractivity contribution < 1.29 is 8.42 Å². The lowest BCUT2D eigenvalue weighted by molar-refractivity contribution is 0.602. The molecule has 0 aliphatic carbocycles. The van der Waals surface area contributed by atoms with Crippen molar-refractivity contribution in [1.29, 1.82) is 5.26 Å². The second kappa shape index (κ2) is 5.71. The summed E-state index contributed by atoms with van der Waals surface area (Å²) in [5, 5.41) is 13.3. The van der Waals surface area contributed by atoms with Gasteiger partial charge in [0.2, 0.25) is 0 Å². The van der Waals surface area contributed by atoms with Crippen LogP contribution in [0.2, 0.25) is 0 Å². The lowest BCUT2D eigenvalue weighted by Crippen LogP contribution is -1.99. The summed E-state index contributed by atoms with van der Waals surface area (Å²) in [7, 11) is -3.20. The van der Waals surface area contributed by atoms with Crippen LogP contribution in [0.15, 0.2) is 65.7 Å². The van der Waals surface area contributed by atoms with Crippen LogP contribution in [0.4, 0.5) is 0 Å². The van der Waals surface area contributed by atoms with E-state index in [0.29, 0.717) is 5.56 Å². The molecule has 0 saturated heterocycles. The monoisotopic (exact) mass is 323 g/mol. The van der Waals surface area contributed by atoms with Crippen molar-refractivity contribution >= 4 is 9.84 Å². The number of aromatic nitrogens is 2. The van der Waals surface area contributed by atoms with Crippen molar-refractivity contribution in [2.24, 2.45) is 0 Å². The fraction of sp³-hybridized carbons (Fsp3) is 0.0588. The van der Waals surface area contributed by atoms with Crippen LogP contribution in [0.1, 0.15) is 5.56 Å². The van der Waals surface area contributed by atoms with E-state index >= 15 is 0 Å². The van der Waals surface area contributed by atoms with Gasteiger partial charge in [0.1, 0.15) is 0 Å². The van der Waals surface area contributed by atoms with Crippen molar-refractivity contribution in [1.82, 2.24) is 9.78 Å². The molecule has 0 spiro atoms. The van der Waals surface area contributed by atoms with Crippen molar-refractivity contribution in [2.45, 2.75) is 4.90 Å². The van der Waals surface area contributed by atoms with Crippen molar-refractivity contribution in [2.75, 3.05) is 6.26 Å². The largest absolute Gasteiger partial charge is 0.240 e. The molecule has 23 heavy (non-hydrogen) atoms. The molecule has 3 rings (SSSR count). The van der Waals surface area contributed by atoms with Crippen LogP contribution in [0.25, 0.3) is 16.9 Å². The van der Waals surface area contributed by atoms with Crippen molar-refractivity contribution in [3.8, 4) is 23.0 Å². The first-order valence-corrected chi connectivity index (χ1v) is 8.73. The van der Waals surface area contributed by atoms with Gasteiger partial charge in [-0.2, -0.15) is 10.4 Å². The lowest BCUT2D eigenvalue weighted by atomic mass is 10.1. The average Bonchev–Trinajstić information content (AvgIpc) is 3.04. The van der Waals surface area contributed by atoms with Crippen LogP contribution in [-0.2, 0) is 9.84 Å². The van der Waals surface area contributed by atoms with E-state index in [1.165, 1.54) is 6.26 Å². The van der Waals surface area contributed by atoms with Crippen LogP contribution >= 0.6 is 0 Å². The van der Waals surface area contributed by atoms with Gasteiger partial charge in [-0.15, -0.1) is 0 Å². The summed E-state index contributed by atoms with van der Waals surface area (Å²) in [6.07, 6.45) is 2.99. The molecule has 6 heteroatoms. The predicted octanol–water partition coefficient (Wildman–Crippen LogP) is 2.81. The SMILES string of the molecule is CS(=O)(=O)c1ccc(-n2ccc(-c3ccc(C#N)cc3)n2)cc1. The van der Waals surface area contributed by atoms with E-state index in [0.717, 1.165) is 16.9 Å². The van der Waals surface area contributed by atoms with Crippen LogP contribution in [0.3, 0.4) is 0 Å². The summed E-state index contributed by atoms with van der Waals surface area (Å²) in [4.78, 5) is 0.278. The quantitative estimate of drug-likeness (QED) is 0.742. The summed E-state index contributed by atoms with van der Waals surface area (Å²) in [5.41, 5.74) is 3.07. The van der Waals surface area contributed by atoms with Crippen molar-refractivity contribution in [3.05, 3.63) is 66.4 Å². The highest BCUT2D eigenvalue weighted by molar-refractivity contribution is 7.90. The Balaban J connectivity index is 1.91. The van der Waals surface area contributed by atoms with E-state index in [1.54, 1.807) is 41.1 Å². The van der Waals surface area contributed by atoms with E-state index in [1.807, 2.05) is 24.4 Å². The van der Waals surface area contributed by atoms with Crippen LogP contribution in [0.5, 0.6) is 0 Å². The van der Waals surface area contributed by atoms with Gasteiger partial charge in [-0.1, -0.05) is 12.1 Å². The first-order chi connectivity index (χ1) is 11.0. The molecule has 0 N–H and O–H groups in total. The van der Waals surface area contributed by atoms with Gasteiger partial charge in [-0.25, -0.2) is 13.1 Å². The zero-order valence-electron chi connectivity index (χ0n) is 12.3. The van der Waals surface area contributed by atoms with E-state index in [-0.39, 0.29) is 4.90 Å². The highest BCUT2D eigenvalue weighted by atomic mass is 32.2. The molecule has 3 aromatic rings. The number of rotatable bonds is 3. The third-order valence-corrected chi connectivity index (χ3v) is 4.56. The van der Waals surface area contributed by atoms with Gasteiger partial charge in [-0.05, 0) is 42.5 Å². The molecule has 2 aromatic carbocycles. The van der Waals surface area contributed by atoms with Gasteiger partial charge in [0, 0.05) is 18.0 Å². The minimum absolute atomic E-state index is 0.278. The van der Waals surface area contributed by atoms with Gasteiger partial charge < -0.3 is 0 Å². The number of benzene rings is 2. The van der Waals surface area contributed by atoms with Crippen LogP contribution in [0, 0.1) is 11.3 Å². The first-order valence-electron chi connectivity index (χ1n) is 6.84. The van der Waals surface area contributed by atoms with Crippen molar-refractivity contribution in [3.63, 3.8) is 0 Å². The maximum absolute atomic E-state index is 11.5. The Morgan fingerprint density at radius 3 is 2.22 bits per heavy atom. The molecular formula is C17H13N3O2S. The molecule has 5 nitrogen and oxygen atoms in total.